The minimum Gasteiger partial charge on any atom is -0.356 e. The van der Waals surface area contributed by atoms with Gasteiger partial charge in [-0.3, -0.25) is 19.2 Å². The van der Waals surface area contributed by atoms with E-state index in [9.17, 15) is 19.2 Å². The van der Waals surface area contributed by atoms with Crippen molar-refractivity contribution in [1.82, 2.24) is 21.3 Å². The van der Waals surface area contributed by atoms with Crippen molar-refractivity contribution in [2.24, 2.45) is 0 Å². The quantitative estimate of drug-likeness (QED) is 0.479. The number of nitrogens with one attached hydrogen (secondary N) is 4. The molecule has 0 aromatic rings. The summed E-state index contributed by atoms with van der Waals surface area (Å²) in [6.07, 6.45) is 1.72. The maximum Gasteiger partial charge on any atom is 0.220 e. The fraction of sp³-hybridized carbons (Fsp3) is 0.750. The van der Waals surface area contributed by atoms with Gasteiger partial charge in [0.1, 0.15) is 0 Å². The van der Waals surface area contributed by atoms with Crippen molar-refractivity contribution >= 4 is 23.6 Å². The smallest absolute Gasteiger partial charge is 0.220 e. The molecule has 2 unspecified atom stereocenters. The molecular formula is C16H28N4O4. The minimum atomic E-state index is -0.176. The molecule has 1 saturated heterocycles. The molecule has 4 amide bonds. The summed E-state index contributed by atoms with van der Waals surface area (Å²) in [6, 6.07) is -0.187. The minimum absolute atomic E-state index is 0.0936. The Morgan fingerprint density at radius 1 is 0.625 bits per heavy atom. The van der Waals surface area contributed by atoms with E-state index in [-0.39, 0.29) is 61.4 Å². The predicted molar refractivity (Wildman–Crippen MR) is 88.9 cm³/mol. The van der Waals surface area contributed by atoms with Gasteiger partial charge >= 0.3 is 0 Å². The summed E-state index contributed by atoms with van der Waals surface area (Å²) in [4.78, 5) is 46.9. The van der Waals surface area contributed by atoms with E-state index < -0.39 is 0 Å². The van der Waals surface area contributed by atoms with Crippen LogP contribution in [0.15, 0.2) is 0 Å². The molecule has 0 spiro atoms. The number of hydrogen-bond donors (Lipinski definition) is 4. The molecule has 1 fully saturated rings. The van der Waals surface area contributed by atoms with E-state index in [2.05, 4.69) is 21.3 Å². The highest BCUT2D eigenvalue weighted by atomic mass is 16.2. The Morgan fingerprint density at radius 3 is 1.33 bits per heavy atom. The summed E-state index contributed by atoms with van der Waals surface area (Å²) in [5.41, 5.74) is 0. The van der Waals surface area contributed by atoms with E-state index in [4.69, 9.17) is 0 Å². The van der Waals surface area contributed by atoms with E-state index in [0.29, 0.717) is 25.9 Å². The maximum atomic E-state index is 11.8. The van der Waals surface area contributed by atoms with Crippen LogP contribution in [0.3, 0.4) is 0 Å². The third kappa shape index (κ3) is 9.12. The summed E-state index contributed by atoms with van der Waals surface area (Å²) in [7, 11) is 0. The zero-order valence-electron chi connectivity index (χ0n) is 14.4. The molecule has 1 rings (SSSR count). The molecule has 0 saturated carbocycles. The fourth-order valence-corrected chi connectivity index (χ4v) is 2.33. The lowest BCUT2D eigenvalue weighted by molar-refractivity contribution is -0.127. The number of amides is 4. The van der Waals surface area contributed by atoms with Crippen LogP contribution in [0.25, 0.3) is 0 Å². The summed E-state index contributed by atoms with van der Waals surface area (Å²) in [5, 5.41) is 11.1. The maximum absolute atomic E-state index is 11.8. The van der Waals surface area contributed by atoms with E-state index in [0.717, 1.165) is 0 Å². The number of hydrogen-bond acceptors (Lipinski definition) is 4. The molecule has 1 heterocycles. The SMILES string of the molecule is CC1CCNC(=O)CCC(=O)NC(C)CCNC(=O)CCC(=O)N1. The number of carbonyl (C=O) groups is 4. The lowest BCUT2D eigenvalue weighted by Crippen LogP contribution is -2.39. The van der Waals surface area contributed by atoms with Crippen LogP contribution in [0.5, 0.6) is 0 Å². The van der Waals surface area contributed by atoms with Gasteiger partial charge in [-0.1, -0.05) is 0 Å². The Labute approximate surface area is 142 Å². The molecule has 24 heavy (non-hydrogen) atoms. The molecule has 136 valence electrons. The molecule has 0 aliphatic carbocycles. The first-order valence-corrected chi connectivity index (χ1v) is 8.49. The monoisotopic (exact) mass is 340 g/mol. The Balaban J connectivity index is 2.53. The second-order valence-corrected chi connectivity index (χ2v) is 6.21. The van der Waals surface area contributed by atoms with Gasteiger partial charge in [0.25, 0.3) is 0 Å². The Bertz CT molecular complexity index is 425. The molecule has 2 atom stereocenters. The highest BCUT2D eigenvalue weighted by molar-refractivity contribution is 5.84. The van der Waals surface area contributed by atoms with Gasteiger partial charge in [-0.15, -0.1) is 0 Å². The van der Waals surface area contributed by atoms with Crippen LogP contribution in [0, 0.1) is 0 Å². The Kier molecular flexibility index (Phi) is 8.81. The van der Waals surface area contributed by atoms with Crippen LogP contribution in [0.2, 0.25) is 0 Å². The van der Waals surface area contributed by atoms with E-state index in [1.807, 2.05) is 13.8 Å². The molecular weight excluding hydrogens is 312 g/mol. The predicted octanol–water partition coefficient (Wildman–Crippen LogP) is -0.418. The molecule has 4 N–H and O–H groups in total. The highest BCUT2D eigenvalue weighted by Crippen LogP contribution is 1.98. The van der Waals surface area contributed by atoms with Gasteiger partial charge in [-0.2, -0.15) is 0 Å². The van der Waals surface area contributed by atoms with Crippen molar-refractivity contribution in [3.8, 4) is 0 Å². The average molecular weight is 340 g/mol. The van der Waals surface area contributed by atoms with Gasteiger partial charge in [0.15, 0.2) is 0 Å². The van der Waals surface area contributed by atoms with Gasteiger partial charge in [-0.05, 0) is 26.7 Å². The first kappa shape index (κ1) is 19.9. The van der Waals surface area contributed by atoms with E-state index in [1.165, 1.54) is 0 Å². The molecule has 0 aromatic carbocycles. The van der Waals surface area contributed by atoms with Gasteiger partial charge in [0.05, 0.1) is 0 Å². The summed E-state index contributed by atoms with van der Waals surface area (Å²) in [6.45, 7) is 4.55. The van der Waals surface area contributed by atoms with Crippen molar-refractivity contribution < 1.29 is 19.2 Å². The van der Waals surface area contributed by atoms with Crippen molar-refractivity contribution in [2.75, 3.05) is 13.1 Å². The second-order valence-electron chi connectivity index (χ2n) is 6.21. The van der Waals surface area contributed by atoms with Crippen LogP contribution >= 0.6 is 0 Å². The summed E-state index contributed by atoms with van der Waals surface area (Å²) < 4.78 is 0. The van der Waals surface area contributed by atoms with Gasteiger partial charge in [0.2, 0.25) is 23.6 Å². The van der Waals surface area contributed by atoms with Crippen LogP contribution in [0.1, 0.15) is 52.4 Å². The van der Waals surface area contributed by atoms with Crippen molar-refractivity contribution in [3.05, 3.63) is 0 Å². The van der Waals surface area contributed by atoms with Crippen LogP contribution in [-0.2, 0) is 19.2 Å². The lowest BCUT2D eigenvalue weighted by atomic mass is 10.2. The number of carbonyl (C=O) groups excluding carboxylic acids is 4. The molecule has 8 nitrogen and oxygen atoms in total. The third-order valence-electron chi connectivity index (χ3n) is 3.77. The molecule has 0 aromatic heterocycles. The van der Waals surface area contributed by atoms with Crippen LogP contribution < -0.4 is 21.3 Å². The molecule has 0 radical (unpaired) electrons. The van der Waals surface area contributed by atoms with Crippen LogP contribution in [-0.4, -0.2) is 48.8 Å². The highest BCUT2D eigenvalue weighted by Gasteiger charge is 2.13. The Hall–Kier alpha value is -2.12. The largest absolute Gasteiger partial charge is 0.356 e. The first-order chi connectivity index (χ1) is 11.4. The topological polar surface area (TPSA) is 116 Å². The second kappa shape index (κ2) is 10.6. The van der Waals surface area contributed by atoms with E-state index >= 15 is 0 Å². The Morgan fingerprint density at radius 2 is 0.958 bits per heavy atom. The van der Waals surface area contributed by atoms with Crippen LogP contribution in [0.4, 0.5) is 0 Å². The standard InChI is InChI=1S/C16H28N4O4/c1-11-7-9-17-13(21)4-6-16(24)20-12(2)8-10-18-14(22)3-5-15(23)19-11/h11-12H,3-10H2,1-2H3,(H,17,21)(H,18,22)(H,19,23)(H,20,24). The molecule has 8 heteroatoms. The molecule has 1 aliphatic heterocycles. The fourth-order valence-electron chi connectivity index (χ4n) is 2.33. The van der Waals surface area contributed by atoms with Crippen molar-refractivity contribution in [2.45, 2.75) is 64.5 Å². The molecule has 0 bridgehead atoms. The normalized spacial score (nSPS) is 26.2. The number of rotatable bonds is 0. The average Bonchev–Trinajstić information content (AvgIpc) is 2.50. The van der Waals surface area contributed by atoms with Gasteiger partial charge < -0.3 is 21.3 Å². The van der Waals surface area contributed by atoms with Gasteiger partial charge in [0, 0.05) is 50.9 Å². The van der Waals surface area contributed by atoms with Crippen molar-refractivity contribution in [1.29, 1.82) is 0 Å². The first-order valence-electron chi connectivity index (χ1n) is 8.49. The zero-order chi connectivity index (χ0) is 17.9. The van der Waals surface area contributed by atoms with Gasteiger partial charge in [-0.25, -0.2) is 0 Å². The van der Waals surface area contributed by atoms with E-state index in [1.54, 1.807) is 0 Å². The lowest BCUT2D eigenvalue weighted by Gasteiger charge is -2.16. The summed E-state index contributed by atoms with van der Waals surface area (Å²) in [5.74, 6) is -0.703. The van der Waals surface area contributed by atoms with Crippen molar-refractivity contribution in [3.63, 3.8) is 0 Å². The third-order valence-corrected chi connectivity index (χ3v) is 3.77. The zero-order valence-corrected chi connectivity index (χ0v) is 14.4. The molecule has 1 aliphatic rings. The summed E-state index contributed by atoms with van der Waals surface area (Å²) >= 11 is 0.